The Balaban J connectivity index is 1.55. The fraction of sp³-hybridized carbons (Fsp3) is 0.381. The van der Waals surface area contributed by atoms with E-state index in [1.165, 1.54) is 20.3 Å². The molecule has 0 bridgehead atoms. The van der Waals surface area contributed by atoms with Crippen LogP contribution < -0.4 is 14.8 Å². The lowest BCUT2D eigenvalue weighted by Gasteiger charge is -2.30. The number of nitrogens with one attached hydrogen (secondary N) is 1. The Morgan fingerprint density at radius 2 is 1.97 bits per heavy atom. The maximum absolute atomic E-state index is 12.5. The van der Waals surface area contributed by atoms with E-state index in [4.69, 9.17) is 25.6 Å². The number of hydrogen-bond acceptors (Lipinski definition) is 6. The summed E-state index contributed by atoms with van der Waals surface area (Å²) in [5.41, 5.74) is 0.725. The van der Waals surface area contributed by atoms with Crippen molar-refractivity contribution >= 4 is 35.3 Å². The van der Waals surface area contributed by atoms with Crippen molar-refractivity contribution in [2.75, 3.05) is 32.6 Å². The van der Waals surface area contributed by atoms with Crippen molar-refractivity contribution in [3.05, 3.63) is 40.6 Å². The monoisotopic (exact) mass is 433 g/mol. The average molecular weight is 434 g/mol. The van der Waals surface area contributed by atoms with E-state index in [0.29, 0.717) is 54.0 Å². The van der Waals surface area contributed by atoms with E-state index in [-0.39, 0.29) is 17.7 Å². The topological polar surface area (TPSA) is 93.9 Å². The van der Waals surface area contributed by atoms with Crippen LogP contribution in [0.2, 0.25) is 5.02 Å². The average Bonchev–Trinajstić information content (AvgIpc) is 3.16. The molecule has 9 heteroatoms. The van der Waals surface area contributed by atoms with Gasteiger partial charge in [0, 0.05) is 31.1 Å². The van der Waals surface area contributed by atoms with E-state index in [1.54, 1.807) is 36.1 Å². The number of ether oxygens (including phenoxy) is 2. The van der Waals surface area contributed by atoms with Gasteiger partial charge in [0.25, 0.3) is 0 Å². The van der Waals surface area contributed by atoms with Gasteiger partial charge < -0.3 is 24.2 Å². The maximum atomic E-state index is 12.5. The third-order valence-corrected chi connectivity index (χ3v) is 5.21. The lowest BCUT2D eigenvalue weighted by molar-refractivity contribution is -0.130. The van der Waals surface area contributed by atoms with Gasteiger partial charge in [-0.2, -0.15) is 0 Å². The first-order chi connectivity index (χ1) is 14.4. The molecule has 160 valence electrons. The minimum absolute atomic E-state index is 0.106. The number of hydrogen-bond donors (Lipinski definition) is 1. The number of carbonyl (C=O) groups excluding carboxylic acids is 2. The van der Waals surface area contributed by atoms with Gasteiger partial charge in [-0.3, -0.25) is 9.59 Å². The second-order valence-corrected chi connectivity index (χ2v) is 7.39. The van der Waals surface area contributed by atoms with Gasteiger partial charge in [-0.05, 0) is 43.5 Å². The van der Waals surface area contributed by atoms with Gasteiger partial charge >= 0.3 is 0 Å². The molecule has 1 aromatic carbocycles. The minimum atomic E-state index is -0.167. The molecule has 0 unspecified atom stereocenters. The first kappa shape index (κ1) is 21.7. The molecule has 0 saturated carbocycles. The zero-order valence-electron chi connectivity index (χ0n) is 17.1. The number of benzene rings is 1. The zero-order valence-corrected chi connectivity index (χ0v) is 17.9. The normalized spacial score (nSPS) is 14.7. The van der Waals surface area contributed by atoms with Crippen LogP contribution in [0.5, 0.6) is 11.5 Å². The predicted molar refractivity (Wildman–Crippen MR) is 113 cm³/mol. The van der Waals surface area contributed by atoms with Gasteiger partial charge in [0.15, 0.2) is 17.3 Å². The van der Waals surface area contributed by atoms with Gasteiger partial charge in [0.2, 0.25) is 11.8 Å². The summed E-state index contributed by atoms with van der Waals surface area (Å²) in [5.74, 6) is 1.59. The molecule has 1 N–H and O–H groups in total. The van der Waals surface area contributed by atoms with E-state index < -0.39 is 0 Å². The SMILES string of the molecule is COc1cc(/C=C/C(=O)N2CCC(C(=O)Nc3cc(C)on3)CC2)cc(Cl)c1OC. The molecule has 0 atom stereocenters. The first-order valence-corrected chi connectivity index (χ1v) is 9.91. The smallest absolute Gasteiger partial charge is 0.246 e. The standard InChI is InChI=1S/C21H24ClN3O5/c1-13-10-18(24-30-13)23-21(27)15-6-8-25(9-7-15)19(26)5-4-14-11-16(22)20(29-3)17(12-14)28-2/h4-5,10-12,15H,6-9H2,1-3H3,(H,23,24,27)/b5-4+. The molecule has 0 spiro atoms. The van der Waals surface area contributed by atoms with Crippen LogP contribution in [0.4, 0.5) is 5.82 Å². The second kappa shape index (κ2) is 9.67. The highest BCUT2D eigenvalue weighted by atomic mass is 35.5. The molecule has 0 aliphatic carbocycles. The zero-order chi connectivity index (χ0) is 21.7. The predicted octanol–water partition coefficient (Wildman–Crippen LogP) is 3.54. The number of carbonyl (C=O) groups is 2. The summed E-state index contributed by atoms with van der Waals surface area (Å²) in [6.07, 6.45) is 4.35. The molecule has 1 saturated heterocycles. The summed E-state index contributed by atoms with van der Waals surface area (Å²) >= 11 is 6.20. The van der Waals surface area contributed by atoms with Crippen LogP contribution in [0, 0.1) is 12.8 Å². The number of aromatic nitrogens is 1. The Morgan fingerprint density at radius 3 is 2.57 bits per heavy atom. The molecular weight excluding hydrogens is 410 g/mol. The van der Waals surface area contributed by atoms with Gasteiger partial charge in [0.1, 0.15) is 5.76 Å². The molecule has 8 nitrogen and oxygen atoms in total. The van der Waals surface area contributed by atoms with Crippen LogP contribution >= 0.6 is 11.6 Å². The van der Waals surface area contributed by atoms with Crippen LogP contribution in [0.3, 0.4) is 0 Å². The van der Waals surface area contributed by atoms with Crippen molar-refractivity contribution in [2.45, 2.75) is 19.8 Å². The molecule has 1 fully saturated rings. The molecule has 2 aromatic rings. The van der Waals surface area contributed by atoms with Crippen LogP contribution in [0.25, 0.3) is 6.08 Å². The van der Waals surface area contributed by atoms with E-state index >= 15 is 0 Å². The first-order valence-electron chi connectivity index (χ1n) is 9.54. The number of nitrogens with zero attached hydrogens (tertiary/aromatic N) is 2. The molecule has 1 aromatic heterocycles. The van der Waals surface area contributed by atoms with Gasteiger partial charge in [-0.25, -0.2) is 0 Å². The Kier molecular flexibility index (Phi) is 6.99. The Hall–Kier alpha value is -3.00. The third-order valence-electron chi connectivity index (χ3n) is 4.93. The molecule has 2 amide bonds. The van der Waals surface area contributed by atoms with Crippen LogP contribution in [0.15, 0.2) is 28.8 Å². The summed E-state index contributed by atoms with van der Waals surface area (Å²) in [7, 11) is 3.04. The Bertz CT molecular complexity index is 948. The van der Waals surface area contributed by atoms with E-state index in [1.807, 2.05) is 0 Å². The number of likely N-dealkylation sites (tertiary alicyclic amines) is 1. The van der Waals surface area contributed by atoms with E-state index in [2.05, 4.69) is 10.5 Å². The number of methoxy groups -OCH3 is 2. The van der Waals surface area contributed by atoms with Crippen LogP contribution in [-0.2, 0) is 9.59 Å². The molecule has 1 aliphatic heterocycles. The highest BCUT2D eigenvalue weighted by Gasteiger charge is 2.27. The van der Waals surface area contributed by atoms with E-state index in [0.717, 1.165) is 5.56 Å². The number of halogens is 1. The molecule has 1 aliphatic rings. The summed E-state index contributed by atoms with van der Waals surface area (Å²) < 4.78 is 15.4. The van der Waals surface area contributed by atoms with Crippen molar-refractivity contribution in [1.29, 1.82) is 0 Å². The summed E-state index contributed by atoms with van der Waals surface area (Å²) in [6, 6.07) is 5.12. The van der Waals surface area contributed by atoms with Crippen molar-refractivity contribution in [1.82, 2.24) is 10.1 Å². The van der Waals surface area contributed by atoms with Crippen molar-refractivity contribution in [3.63, 3.8) is 0 Å². The maximum Gasteiger partial charge on any atom is 0.246 e. The van der Waals surface area contributed by atoms with E-state index in [9.17, 15) is 9.59 Å². The summed E-state index contributed by atoms with van der Waals surface area (Å²) in [4.78, 5) is 26.6. The number of amides is 2. The molecule has 3 rings (SSSR count). The van der Waals surface area contributed by atoms with Crippen molar-refractivity contribution < 1.29 is 23.6 Å². The Labute approximate surface area is 179 Å². The number of piperidine rings is 1. The third kappa shape index (κ3) is 5.13. The van der Waals surface area contributed by atoms with Gasteiger partial charge in [0.05, 0.1) is 19.2 Å². The lowest BCUT2D eigenvalue weighted by Crippen LogP contribution is -2.40. The lowest BCUT2D eigenvalue weighted by atomic mass is 9.96. The molecule has 0 radical (unpaired) electrons. The number of rotatable bonds is 6. The van der Waals surface area contributed by atoms with Crippen molar-refractivity contribution in [3.8, 4) is 11.5 Å². The second-order valence-electron chi connectivity index (χ2n) is 6.98. The highest BCUT2D eigenvalue weighted by Crippen LogP contribution is 2.36. The van der Waals surface area contributed by atoms with Gasteiger partial charge in [-0.1, -0.05) is 16.8 Å². The van der Waals surface area contributed by atoms with Crippen LogP contribution in [0.1, 0.15) is 24.2 Å². The Morgan fingerprint density at radius 1 is 1.23 bits per heavy atom. The number of anilines is 1. The van der Waals surface area contributed by atoms with Crippen LogP contribution in [-0.4, -0.2) is 49.2 Å². The quantitative estimate of drug-likeness (QED) is 0.700. The largest absolute Gasteiger partial charge is 0.493 e. The van der Waals surface area contributed by atoms with Crippen molar-refractivity contribution in [2.24, 2.45) is 5.92 Å². The highest BCUT2D eigenvalue weighted by molar-refractivity contribution is 6.32. The fourth-order valence-corrected chi connectivity index (χ4v) is 3.62. The number of aryl methyl sites for hydroxylation is 1. The summed E-state index contributed by atoms with van der Waals surface area (Å²) in [6.45, 7) is 2.77. The molecular formula is C21H24ClN3O5. The fourth-order valence-electron chi connectivity index (χ4n) is 3.32. The molecule has 30 heavy (non-hydrogen) atoms. The minimum Gasteiger partial charge on any atom is -0.493 e. The van der Waals surface area contributed by atoms with Gasteiger partial charge in [-0.15, -0.1) is 0 Å². The molecule has 2 heterocycles. The summed E-state index contributed by atoms with van der Waals surface area (Å²) in [5, 5.41) is 6.92.